The molecular weight excluding hydrogens is 348 g/mol. The minimum absolute atomic E-state index is 0.0807. The number of benzene rings is 2. The van der Waals surface area contributed by atoms with E-state index in [9.17, 15) is 0 Å². The number of nitrogens with two attached hydrogens (primary N) is 1. The topological polar surface area (TPSA) is 59.1 Å². The van der Waals surface area contributed by atoms with Crippen LogP contribution in [0.1, 0.15) is 10.4 Å². The Hall–Kier alpha value is -1.85. The summed E-state index contributed by atoms with van der Waals surface area (Å²) in [6.45, 7) is 0.517. The van der Waals surface area contributed by atoms with Crippen LogP contribution in [0.5, 0.6) is 5.75 Å². The summed E-state index contributed by atoms with van der Waals surface area (Å²) < 4.78 is 7.96. The molecule has 0 aliphatic carbocycles. The Labute approximate surface area is 135 Å². The first-order valence-electron chi connectivity index (χ1n) is 6.38. The van der Waals surface area contributed by atoms with Crippen LogP contribution in [0, 0.1) is 5.41 Å². The van der Waals surface area contributed by atoms with Crippen molar-refractivity contribution in [1.82, 2.24) is 0 Å². The first-order valence-corrected chi connectivity index (χ1v) is 7.99. The SMILES string of the molecule is N=C(N)c1cc2c(OCc3ccccc3)ccc(Br)c2s1. The second-order valence-corrected chi connectivity index (χ2v) is 6.49. The number of thiophene rings is 1. The molecule has 0 aliphatic rings. The van der Waals surface area contributed by atoms with Gasteiger partial charge >= 0.3 is 0 Å². The molecule has 106 valence electrons. The first kappa shape index (κ1) is 14.1. The molecule has 3 aromatic rings. The molecule has 0 bridgehead atoms. The molecule has 21 heavy (non-hydrogen) atoms. The van der Waals surface area contributed by atoms with Crippen molar-refractivity contribution in [1.29, 1.82) is 5.41 Å². The van der Waals surface area contributed by atoms with Gasteiger partial charge in [0.2, 0.25) is 0 Å². The smallest absolute Gasteiger partial charge is 0.133 e. The number of rotatable bonds is 4. The standard InChI is InChI=1S/C16H13BrN2OS/c17-12-6-7-13(20-9-10-4-2-1-3-5-10)11-8-14(16(18)19)21-15(11)12/h1-8H,9H2,(H3,18,19). The first-order chi connectivity index (χ1) is 10.1. The summed E-state index contributed by atoms with van der Waals surface area (Å²) >= 11 is 5.02. The molecule has 0 atom stereocenters. The number of hydrogen-bond acceptors (Lipinski definition) is 3. The molecule has 3 nitrogen and oxygen atoms in total. The second kappa shape index (κ2) is 5.87. The van der Waals surface area contributed by atoms with Gasteiger partial charge in [0.25, 0.3) is 0 Å². The number of nitrogens with one attached hydrogen (secondary N) is 1. The third kappa shape index (κ3) is 2.94. The van der Waals surface area contributed by atoms with E-state index in [2.05, 4.69) is 15.9 Å². The molecule has 0 spiro atoms. The van der Waals surface area contributed by atoms with Crippen molar-refractivity contribution in [2.75, 3.05) is 0 Å². The maximum absolute atomic E-state index is 7.58. The van der Waals surface area contributed by atoms with Gasteiger partial charge in [0, 0.05) is 9.86 Å². The third-order valence-corrected chi connectivity index (χ3v) is 5.22. The highest BCUT2D eigenvalue weighted by Crippen LogP contribution is 2.38. The van der Waals surface area contributed by atoms with Crippen molar-refractivity contribution in [3.05, 3.63) is 63.4 Å². The summed E-state index contributed by atoms with van der Waals surface area (Å²) in [6, 6.07) is 15.8. The monoisotopic (exact) mass is 360 g/mol. The van der Waals surface area contributed by atoms with Crippen molar-refractivity contribution in [2.24, 2.45) is 5.73 Å². The fourth-order valence-corrected chi connectivity index (χ4v) is 3.59. The van der Waals surface area contributed by atoms with Crippen molar-refractivity contribution in [3.8, 4) is 5.75 Å². The number of nitrogen functional groups attached to an aromatic ring is 1. The fourth-order valence-electron chi connectivity index (χ4n) is 2.06. The molecule has 0 radical (unpaired) electrons. The quantitative estimate of drug-likeness (QED) is 0.530. The van der Waals surface area contributed by atoms with Crippen LogP contribution in [0.3, 0.4) is 0 Å². The van der Waals surface area contributed by atoms with Crippen LogP contribution >= 0.6 is 27.3 Å². The van der Waals surface area contributed by atoms with E-state index in [-0.39, 0.29) is 5.84 Å². The van der Waals surface area contributed by atoms with Crippen LogP contribution in [-0.2, 0) is 6.61 Å². The lowest BCUT2D eigenvalue weighted by molar-refractivity contribution is 0.310. The molecule has 0 unspecified atom stereocenters. The van der Waals surface area contributed by atoms with Crippen molar-refractivity contribution >= 4 is 43.2 Å². The van der Waals surface area contributed by atoms with Gasteiger partial charge in [-0.3, -0.25) is 5.41 Å². The molecule has 0 fully saturated rings. The van der Waals surface area contributed by atoms with Crippen LogP contribution < -0.4 is 10.5 Å². The predicted molar refractivity (Wildman–Crippen MR) is 91.3 cm³/mol. The largest absolute Gasteiger partial charge is 0.488 e. The number of amidine groups is 1. The Morgan fingerprint density at radius 2 is 1.95 bits per heavy atom. The van der Waals surface area contributed by atoms with Gasteiger partial charge in [-0.2, -0.15) is 0 Å². The summed E-state index contributed by atoms with van der Waals surface area (Å²) in [6.07, 6.45) is 0. The zero-order chi connectivity index (χ0) is 14.8. The highest BCUT2D eigenvalue weighted by atomic mass is 79.9. The lowest BCUT2D eigenvalue weighted by Crippen LogP contribution is -2.08. The highest BCUT2D eigenvalue weighted by Gasteiger charge is 2.12. The Morgan fingerprint density at radius 1 is 1.19 bits per heavy atom. The summed E-state index contributed by atoms with van der Waals surface area (Å²) in [7, 11) is 0. The van der Waals surface area contributed by atoms with E-state index in [4.69, 9.17) is 15.9 Å². The normalized spacial score (nSPS) is 10.7. The van der Waals surface area contributed by atoms with E-state index in [0.717, 1.165) is 30.7 Å². The zero-order valence-electron chi connectivity index (χ0n) is 11.1. The van der Waals surface area contributed by atoms with Gasteiger partial charge in [-0.25, -0.2) is 0 Å². The van der Waals surface area contributed by atoms with Gasteiger partial charge in [0.15, 0.2) is 0 Å². The Morgan fingerprint density at radius 3 is 2.67 bits per heavy atom. The maximum atomic E-state index is 7.58. The molecule has 5 heteroatoms. The minimum Gasteiger partial charge on any atom is -0.488 e. The van der Waals surface area contributed by atoms with Crippen molar-refractivity contribution < 1.29 is 4.74 Å². The number of fused-ring (bicyclic) bond motifs is 1. The van der Waals surface area contributed by atoms with Crippen molar-refractivity contribution in [3.63, 3.8) is 0 Å². The summed E-state index contributed by atoms with van der Waals surface area (Å²) in [4.78, 5) is 0.751. The van der Waals surface area contributed by atoms with E-state index >= 15 is 0 Å². The predicted octanol–water partition coefficient (Wildman–Crippen LogP) is 4.53. The van der Waals surface area contributed by atoms with Crippen LogP contribution in [0.15, 0.2) is 53.0 Å². The van der Waals surface area contributed by atoms with Crippen LogP contribution in [0.2, 0.25) is 0 Å². The molecule has 0 saturated heterocycles. The fraction of sp³-hybridized carbons (Fsp3) is 0.0625. The summed E-state index contributed by atoms with van der Waals surface area (Å²) in [5.74, 6) is 0.887. The van der Waals surface area contributed by atoms with Crippen LogP contribution in [-0.4, -0.2) is 5.84 Å². The molecule has 0 saturated carbocycles. The van der Waals surface area contributed by atoms with E-state index < -0.39 is 0 Å². The minimum atomic E-state index is 0.0807. The molecule has 1 aromatic heterocycles. The Balaban J connectivity index is 1.95. The molecule has 0 amide bonds. The van der Waals surface area contributed by atoms with Gasteiger partial charge in [-0.05, 0) is 39.7 Å². The van der Waals surface area contributed by atoms with Gasteiger partial charge in [0.05, 0.1) is 9.58 Å². The average Bonchev–Trinajstić information content (AvgIpc) is 2.94. The zero-order valence-corrected chi connectivity index (χ0v) is 13.5. The third-order valence-electron chi connectivity index (χ3n) is 3.10. The van der Waals surface area contributed by atoms with E-state index in [0.29, 0.717) is 6.61 Å². The van der Waals surface area contributed by atoms with Gasteiger partial charge in [0.1, 0.15) is 18.2 Å². The lowest BCUT2D eigenvalue weighted by Gasteiger charge is -2.08. The molecule has 0 aliphatic heterocycles. The second-order valence-electron chi connectivity index (χ2n) is 4.59. The molecule has 3 N–H and O–H groups in total. The summed E-state index contributed by atoms with van der Waals surface area (Å²) in [5.41, 5.74) is 6.70. The molecule has 3 rings (SSSR count). The number of ether oxygens (including phenoxy) is 1. The van der Waals surface area contributed by atoms with E-state index in [1.165, 1.54) is 11.3 Å². The van der Waals surface area contributed by atoms with Crippen LogP contribution in [0.25, 0.3) is 10.1 Å². The van der Waals surface area contributed by atoms with Crippen molar-refractivity contribution in [2.45, 2.75) is 6.61 Å². The number of halogens is 1. The van der Waals surface area contributed by atoms with E-state index in [1.54, 1.807) is 0 Å². The maximum Gasteiger partial charge on any atom is 0.133 e. The highest BCUT2D eigenvalue weighted by molar-refractivity contribution is 9.10. The molecular formula is C16H13BrN2OS. The van der Waals surface area contributed by atoms with E-state index in [1.807, 2.05) is 48.5 Å². The Bertz CT molecular complexity index is 799. The molecule has 1 heterocycles. The number of hydrogen-bond donors (Lipinski definition) is 2. The van der Waals surface area contributed by atoms with Gasteiger partial charge < -0.3 is 10.5 Å². The van der Waals surface area contributed by atoms with Gasteiger partial charge in [-0.1, -0.05) is 30.3 Å². The van der Waals surface area contributed by atoms with Gasteiger partial charge in [-0.15, -0.1) is 11.3 Å². The lowest BCUT2D eigenvalue weighted by atomic mass is 10.2. The molecule has 2 aromatic carbocycles. The average molecular weight is 361 g/mol. The Kier molecular flexibility index (Phi) is 3.94. The summed E-state index contributed by atoms with van der Waals surface area (Å²) in [5, 5.41) is 8.56. The van der Waals surface area contributed by atoms with Crippen LogP contribution in [0.4, 0.5) is 0 Å².